The van der Waals surface area contributed by atoms with Gasteiger partial charge in [0.1, 0.15) is 11.6 Å². The largest absolute Gasteiger partial charge is 0.426 e. The molecular formula is C33H49F3O3. The first-order chi connectivity index (χ1) is 18.9. The number of ether oxygens (including phenoxy) is 2. The lowest BCUT2D eigenvalue weighted by Gasteiger charge is -2.38. The van der Waals surface area contributed by atoms with E-state index in [2.05, 4.69) is 13.8 Å². The minimum Gasteiger partial charge on any atom is -0.426 e. The number of alkyl halides is 2. The summed E-state index contributed by atoms with van der Waals surface area (Å²) in [6.45, 7) is 4.56. The Morgan fingerprint density at radius 2 is 1.59 bits per heavy atom. The molecule has 0 spiro atoms. The first kappa shape index (κ1) is 30.4. The molecule has 1 heterocycles. The van der Waals surface area contributed by atoms with Gasteiger partial charge in [0.15, 0.2) is 0 Å². The maximum atomic E-state index is 15.5. The molecule has 1 aliphatic heterocycles. The Morgan fingerprint density at radius 3 is 2.18 bits per heavy atom. The lowest BCUT2D eigenvalue weighted by atomic mass is 9.68. The third-order valence-electron chi connectivity index (χ3n) is 9.90. The predicted molar refractivity (Wildman–Crippen MR) is 149 cm³/mol. The first-order valence-electron chi connectivity index (χ1n) is 15.8. The fourth-order valence-corrected chi connectivity index (χ4v) is 7.47. The zero-order chi connectivity index (χ0) is 27.8. The molecule has 1 aromatic carbocycles. The minimum absolute atomic E-state index is 0.0591. The number of carbonyl (C=O) groups is 1. The SMILES string of the molecule is CCCCCC1CCC(C2CCC(c3ccc(OC(=O)C4CCC(CCC)OC4)c(C(F)F)c3F)CC2)CC1. The van der Waals surface area contributed by atoms with E-state index in [-0.39, 0.29) is 24.4 Å². The summed E-state index contributed by atoms with van der Waals surface area (Å²) in [7, 11) is 0. The molecule has 6 heteroatoms. The van der Waals surface area contributed by atoms with E-state index in [1.54, 1.807) is 6.07 Å². The van der Waals surface area contributed by atoms with Crippen molar-refractivity contribution in [3.8, 4) is 5.75 Å². The van der Waals surface area contributed by atoms with Crippen molar-refractivity contribution in [2.24, 2.45) is 23.7 Å². The Bertz CT molecular complexity index is 896. The average molecular weight is 551 g/mol. The number of esters is 1. The molecule has 2 saturated carbocycles. The van der Waals surface area contributed by atoms with Gasteiger partial charge in [-0.3, -0.25) is 4.79 Å². The standard InChI is InChI=1S/C33H49F3O3/c1-3-5-6-8-22-9-11-23(12-10-22)24-13-15-25(16-14-24)28-19-20-29(30(31(28)34)32(35)36)39-33(37)26-17-18-27(7-4-2)38-21-26/h19-20,22-27,32H,3-18,21H2,1-2H3. The second-order valence-corrected chi connectivity index (χ2v) is 12.5. The summed E-state index contributed by atoms with van der Waals surface area (Å²) in [4.78, 5) is 12.7. The lowest BCUT2D eigenvalue weighted by molar-refractivity contribution is -0.145. The van der Waals surface area contributed by atoms with Gasteiger partial charge in [0.25, 0.3) is 6.43 Å². The van der Waals surface area contributed by atoms with Crippen LogP contribution in [-0.2, 0) is 9.53 Å². The summed E-state index contributed by atoms with van der Waals surface area (Å²) >= 11 is 0. The van der Waals surface area contributed by atoms with E-state index in [4.69, 9.17) is 9.47 Å². The van der Waals surface area contributed by atoms with Gasteiger partial charge in [-0.1, -0.05) is 64.9 Å². The van der Waals surface area contributed by atoms with Crippen LogP contribution in [0.4, 0.5) is 13.2 Å². The molecular weight excluding hydrogens is 501 g/mol. The number of hydrogen-bond donors (Lipinski definition) is 0. The number of carbonyl (C=O) groups excluding carboxylic acids is 1. The lowest BCUT2D eigenvalue weighted by Crippen LogP contribution is -2.33. The van der Waals surface area contributed by atoms with Crippen LogP contribution in [0, 0.1) is 29.5 Å². The Hall–Kier alpha value is -1.56. The maximum absolute atomic E-state index is 15.5. The molecule has 2 atom stereocenters. The van der Waals surface area contributed by atoms with Crippen LogP contribution >= 0.6 is 0 Å². The van der Waals surface area contributed by atoms with Gasteiger partial charge in [-0.05, 0) is 93.1 Å². The third kappa shape index (κ3) is 8.01. The van der Waals surface area contributed by atoms with Crippen molar-refractivity contribution in [1.82, 2.24) is 0 Å². The Kier molecular flexibility index (Phi) is 11.6. The van der Waals surface area contributed by atoms with Crippen molar-refractivity contribution >= 4 is 5.97 Å². The number of rotatable bonds is 11. The number of hydrogen-bond acceptors (Lipinski definition) is 3. The molecule has 0 radical (unpaired) electrons. The highest BCUT2D eigenvalue weighted by atomic mass is 19.3. The molecule has 39 heavy (non-hydrogen) atoms. The van der Waals surface area contributed by atoms with Crippen LogP contribution in [0.15, 0.2) is 12.1 Å². The van der Waals surface area contributed by atoms with Crippen LogP contribution in [0.3, 0.4) is 0 Å². The zero-order valence-electron chi connectivity index (χ0n) is 24.1. The van der Waals surface area contributed by atoms with Crippen LogP contribution in [0.2, 0.25) is 0 Å². The summed E-state index contributed by atoms with van der Waals surface area (Å²) in [5, 5.41) is 0. The normalized spacial score (nSPS) is 29.9. The van der Waals surface area contributed by atoms with E-state index in [0.29, 0.717) is 17.9 Å². The van der Waals surface area contributed by atoms with Crippen molar-refractivity contribution in [1.29, 1.82) is 0 Å². The zero-order valence-corrected chi connectivity index (χ0v) is 24.1. The molecule has 0 bridgehead atoms. The summed E-state index contributed by atoms with van der Waals surface area (Å²) in [6, 6.07) is 2.96. The van der Waals surface area contributed by atoms with E-state index in [1.165, 1.54) is 57.4 Å². The molecule has 0 amide bonds. The fraction of sp³-hybridized carbons (Fsp3) is 0.788. The quantitative estimate of drug-likeness (QED) is 0.156. The highest BCUT2D eigenvalue weighted by Crippen LogP contribution is 2.46. The average Bonchev–Trinajstić information content (AvgIpc) is 2.94. The van der Waals surface area contributed by atoms with Gasteiger partial charge in [-0.15, -0.1) is 0 Å². The predicted octanol–water partition coefficient (Wildman–Crippen LogP) is 9.92. The summed E-state index contributed by atoms with van der Waals surface area (Å²) in [6.07, 6.45) is 14.7. The second-order valence-electron chi connectivity index (χ2n) is 12.5. The van der Waals surface area contributed by atoms with Crippen molar-refractivity contribution in [2.45, 2.75) is 135 Å². The van der Waals surface area contributed by atoms with Crippen molar-refractivity contribution in [2.75, 3.05) is 6.61 Å². The van der Waals surface area contributed by atoms with Gasteiger partial charge >= 0.3 is 5.97 Å². The van der Waals surface area contributed by atoms with Gasteiger partial charge in [0.2, 0.25) is 0 Å². The molecule has 2 unspecified atom stereocenters. The second kappa shape index (κ2) is 14.9. The van der Waals surface area contributed by atoms with E-state index >= 15 is 4.39 Å². The van der Waals surface area contributed by atoms with Gasteiger partial charge in [-0.25, -0.2) is 13.2 Å². The molecule has 220 valence electrons. The highest BCUT2D eigenvalue weighted by molar-refractivity contribution is 5.76. The van der Waals surface area contributed by atoms with Gasteiger partial charge in [0, 0.05) is 0 Å². The Balaban J connectivity index is 1.32. The van der Waals surface area contributed by atoms with E-state index in [0.717, 1.165) is 56.8 Å². The summed E-state index contributed by atoms with van der Waals surface area (Å²) < 4.78 is 54.7. The van der Waals surface area contributed by atoms with Crippen LogP contribution in [-0.4, -0.2) is 18.7 Å². The highest BCUT2D eigenvalue weighted by Gasteiger charge is 2.34. The molecule has 1 aromatic rings. The first-order valence-corrected chi connectivity index (χ1v) is 15.8. The Morgan fingerprint density at radius 1 is 0.897 bits per heavy atom. The molecule has 3 fully saturated rings. The Labute approximate surface area is 233 Å². The van der Waals surface area contributed by atoms with Crippen molar-refractivity contribution in [3.63, 3.8) is 0 Å². The van der Waals surface area contributed by atoms with Crippen molar-refractivity contribution < 1.29 is 27.4 Å². The van der Waals surface area contributed by atoms with Crippen LogP contribution < -0.4 is 4.74 Å². The topological polar surface area (TPSA) is 35.5 Å². The molecule has 0 aromatic heterocycles. The monoisotopic (exact) mass is 550 g/mol. The maximum Gasteiger partial charge on any atom is 0.316 e. The molecule has 2 aliphatic carbocycles. The van der Waals surface area contributed by atoms with Crippen LogP contribution in [0.1, 0.15) is 140 Å². The van der Waals surface area contributed by atoms with Crippen LogP contribution in [0.5, 0.6) is 5.75 Å². The molecule has 3 nitrogen and oxygen atoms in total. The molecule has 0 N–H and O–H groups in total. The van der Waals surface area contributed by atoms with E-state index in [9.17, 15) is 13.6 Å². The fourth-order valence-electron chi connectivity index (χ4n) is 7.47. The smallest absolute Gasteiger partial charge is 0.316 e. The minimum atomic E-state index is -3.05. The number of unbranched alkanes of at least 4 members (excludes halogenated alkanes) is 2. The number of halogens is 3. The van der Waals surface area contributed by atoms with E-state index in [1.807, 2.05) is 0 Å². The van der Waals surface area contributed by atoms with Crippen molar-refractivity contribution in [3.05, 3.63) is 29.1 Å². The van der Waals surface area contributed by atoms with E-state index < -0.39 is 29.7 Å². The van der Waals surface area contributed by atoms with Gasteiger partial charge in [0.05, 0.1) is 24.2 Å². The summed E-state index contributed by atoms with van der Waals surface area (Å²) in [5.41, 5.74) is -0.420. The molecule has 3 aliphatic rings. The van der Waals surface area contributed by atoms with Gasteiger partial charge < -0.3 is 9.47 Å². The third-order valence-corrected chi connectivity index (χ3v) is 9.90. The van der Waals surface area contributed by atoms with Gasteiger partial charge in [-0.2, -0.15) is 0 Å². The number of benzene rings is 1. The molecule has 1 saturated heterocycles. The van der Waals surface area contributed by atoms with Crippen LogP contribution in [0.25, 0.3) is 0 Å². The molecule has 4 rings (SSSR count). The summed E-state index contributed by atoms with van der Waals surface area (Å²) in [5.74, 6) is -0.0976.